The van der Waals surface area contributed by atoms with E-state index < -0.39 is 11.2 Å². The van der Waals surface area contributed by atoms with Gasteiger partial charge in [0.05, 0.1) is 17.6 Å². The molecule has 0 spiro atoms. The van der Waals surface area contributed by atoms with E-state index in [2.05, 4.69) is 10.3 Å². The normalized spacial score (nSPS) is 10.8. The number of nitrogens with zero attached hydrogens (tertiary/aromatic N) is 2. The van der Waals surface area contributed by atoms with Crippen molar-refractivity contribution in [2.75, 3.05) is 11.9 Å². The molecule has 4 rings (SSSR count). The summed E-state index contributed by atoms with van der Waals surface area (Å²) in [6.45, 7) is 4.10. The molecule has 0 saturated heterocycles. The zero-order valence-electron chi connectivity index (χ0n) is 18.7. The predicted octanol–water partition coefficient (Wildman–Crippen LogP) is 4.63. The van der Waals surface area contributed by atoms with Crippen molar-refractivity contribution in [3.63, 3.8) is 0 Å². The molecule has 0 aliphatic rings. The molecule has 2 heterocycles. The summed E-state index contributed by atoms with van der Waals surface area (Å²) in [7, 11) is 0. The Balaban J connectivity index is 1.69. The Morgan fingerprint density at radius 2 is 1.74 bits per heavy atom. The number of nitrogens with one attached hydrogen (secondary N) is 1. The molecule has 7 nitrogen and oxygen atoms in total. The topological polar surface area (TPSA) is 90.3 Å². The van der Waals surface area contributed by atoms with Crippen molar-refractivity contribution in [1.82, 2.24) is 9.55 Å². The molecule has 0 bridgehead atoms. The minimum atomic E-state index is -0.454. The lowest BCUT2D eigenvalue weighted by Gasteiger charge is -2.13. The molecule has 0 fully saturated rings. The first-order valence-electron chi connectivity index (χ1n) is 10.7. The second-order valence-corrected chi connectivity index (χ2v) is 8.10. The Hall–Kier alpha value is -3.97. The van der Waals surface area contributed by atoms with E-state index in [1.165, 1.54) is 10.8 Å². The van der Waals surface area contributed by atoms with Crippen LogP contribution in [0.15, 0.2) is 71.7 Å². The van der Waals surface area contributed by atoms with E-state index in [-0.39, 0.29) is 23.4 Å². The minimum Gasteiger partial charge on any atom is -0.494 e. The van der Waals surface area contributed by atoms with Gasteiger partial charge in [-0.3, -0.25) is 14.4 Å². The van der Waals surface area contributed by atoms with E-state index >= 15 is 0 Å². The van der Waals surface area contributed by atoms with Gasteiger partial charge < -0.3 is 14.6 Å². The van der Waals surface area contributed by atoms with Gasteiger partial charge in [-0.25, -0.2) is 4.98 Å². The maximum atomic E-state index is 13.1. The molecule has 172 valence electrons. The average Bonchev–Trinajstić information content (AvgIpc) is 2.82. The van der Waals surface area contributed by atoms with Crippen LogP contribution in [0.2, 0.25) is 5.02 Å². The van der Waals surface area contributed by atoms with E-state index in [1.807, 2.05) is 6.92 Å². The lowest BCUT2D eigenvalue weighted by atomic mass is 10.0. The highest BCUT2D eigenvalue weighted by Crippen LogP contribution is 2.18. The largest absolute Gasteiger partial charge is 0.494 e. The number of fused-ring (bicyclic) bond motifs is 1. The first-order chi connectivity index (χ1) is 16.4. The van der Waals surface area contributed by atoms with Crippen LogP contribution in [-0.2, 0) is 11.3 Å². The van der Waals surface area contributed by atoms with Gasteiger partial charge in [0.25, 0.3) is 0 Å². The summed E-state index contributed by atoms with van der Waals surface area (Å²) < 4.78 is 6.94. The summed E-state index contributed by atoms with van der Waals surface area (Å²) >= 11 is 5.92. The lowest BCUT2D eigenvalue weighted by molar-refractivity contribution is -0.116. The lowest BCUT2D eigenvalue weighted by Crippen LogP contribution is -2.25. The number of carbonyl (C=O) groups is 2. The van der Waals surface area contributed by atoms with Gasteiger partial charge >= 0.3 is 0 Å². The molecule has 0 saturated carbocycles. The third-order valence-electron chi connectivity index (χ3n) is 5.17. The molecule has 1 amide bonds. The van der Waals surface area contributed by atoms with Gasteiger partial charge in [-0.15, -0.1) is 0 Å². The first-order valence-corrected chi connectivity index (χ1v) is 11.1. The molecule has 2 aromatic carbocycles. The van der Waals surface area contributed by atoms with Crippen LogP contribution in [0, 0.1) is 6.92 Å². The van der Waals surface area contributed by atoms with Crippen molar-refractivity contribution >= 4 is 40.0 Å². The smallest absolute Gasteiger partial charge is 0.244 e. The van der Waals surface area contributed by atoms with Crippen LogP contribution in [0.3, 0.4) is 0 Å². The van der Waals surface area contributed by atoms with Crippen LogP contribution < -0.4 is 15.5 Å². The number of aromatic nitrogens is 2. The number of ketones is 1. The van der Waals surface area contributed by atoms with Crippen LogP contribution in [0.1, 0.15) is 28.5 Å². The summed E-state index contributed by atoms with van der Waals surface area (Å²) in [5.74, 6) is -0.0796. The summed E-state index contributed by atoms with van der Waals surface area (Å²) in [5.41, 5.74) is 1.45. The van der Waals surface area contributed by atoms with Gasteiger partial charge in [-0.05, 0) is 74.5 Å². The van der Waals surface area contributed by atoms with E-state index in [4.69, 9.17) is 16.3 Å². The molecular weight excluding hydrogens is 454 g/mol. The van der Waals surface area contributed by atoms with Crippen LogP contribution in [0.25, 0.3) is 11.0 Å². The SMILES string of the molecule is CCOc1ccc(NC(=O)Cn2cc(C(=O)c3ccc(Cl)cc3)c(=O)c3ccc(C)nc32)cc1. The number of benzene rings is 2. The number of anilines is 1. The number of hydrogen-bond donors (Lipinski definition) is 1. The number of ether oxygens (including phenoxy) is 1. The molecule has 0 unspecified atom stereocenters. The molecule has 0 aliphatic heterocycles. The molecule has 0 radical (unpaired) electrons. The van der Waals surface area contributed by atoms with Crippen LogP contribution in [0.5, 0.6) is 5.75 Å². The van der Waals surface area contributed by atoms with Crippen molar-refractivity contribution in [2.24, 2.45) is 0 Å². The van der Waals surface area contributed by atoms with Gasteiger partial charge in [-0.2, -0.15) is 0 Å². The maximum absolute atomic E-state index is 13.1. The highest BCUT2D eigenvalue weighted by atomic mass is 35.5. The summed E-state index contributed by atoms with van der Waals surface area (Å²) in [4.78, 5) is 43.5. The van der Waals surface area contributed by atoms with Gasteiger partial charge in [0.2, 0.25) is 11.3 Å². The van der Waals surface area contributed by atoms with Crippen LogP contribution >= 0.6 is 11.6 Å². The standard InChI is InChI=1S/C26H22ClN3O4/c1-3-34-20-11-9-19(10-12-20)29-23(31)15-30-14-22(24(32)17-5-7-18(27)8-6-17)25(33)21-13-4-16(2)28-26(21)30/h4-14H,3,15H2,1-2H3,(H,29,31). The Kier molecular flexibility index (Phi) is 6.75. The number of carbonyl (C=O) groups excluding carboxylic acids is 2. The zero-order valence-corrected chi connectivity index (χ0v) is 19.4. The van der Waals surface area contributed by atoms with Crippen molar-refractivity contribution in [2.45, 2.75) is 20.4 Å². The molecule has 4 aromatic rings. The second kappa shape index (κ2) is 9.89. The molecule has 0 atom stereocenters. The molecule has 8 heteroatoms. The summed E-state index contributed by atoms with van der Waals surface area (Å²) in [6.07, 6.45) is 1.39. The van der Waals surface area contributed by atoms with Gasteiger partial charge in [-0.1, -0.05) is 11.6 Å². The Bertz CT molecular complexity index is 1430. The van der Waals surface area contributed by atoms with E-state index in [9.17, 15) is 14.4 Å². The fourth-order valence-electron chi connectivity index (χ4n) is 3.56. The third kappa shape index (κ3) is 5.00. The Morgan fingerprint density at radius 1 is 1.03 bits per heavy atom. The zero-order chi connectivity index (χ0) is 24.2. The fraction of sp³-hybridized carbons (Fsp3) is 0.154. The quantitative estimate of drug-likeness (QED) is 0.394. The van der Waals surface area contributed by atoms with Gasteiger partial charge in [0, 0.05) is 28.2 Å². The minimum absolute atomic E-state index is 0.0469. The summed E-state index contributed by atoms with van der Waals surface area (Å²) in [6, 6.07) is 16.6. The highest BCUT2D eigenvalue weighted by molar-refractivity contribution is 6.30. The monoisotopic (exact) mass is 475 g/mol. The second-order valence-electron chi connectivity index (χ2n) is 7.67. The molecule has 2 aromatic heterocycles. The number of pyridine rings is 2. The third-order valence-corrected chi connectivity index (χ3v) is 5.43. The molecular formula is C26H22ClN3O4. The van der Waals surface area contributed by atoms with E-state index in [1.54, 1.807) is 67.6 Å². The van der Waals surface area contributed by atoms with Gasteiger partial charge in [0.15, 0.2) is 5.78 Å². The number of halogens is 1. The number of rotatable bonds is 7. The Morgan fingerprint density at radius 3 is 2.41 bits per heavy atom. The number of aryl methyl sites for hydroxylation is 1. The number of amides is 1. The first kappa shape index (κ1) is 23.2. The maximum Gasteiger partial charge on any atom is 0.244 e. The highest BCUT2D eigenvalue weighted by Gasteiger charge is 2.19. The molecule has 1 N–H and O–H groups in total. The van der Waals surface area contributed by atoms with Crippen LogP contribution in [-0.4, -0.2) is 27.8 Å². The van der Waals surface area contributed by atoms with E-state index in [0.29, 0.717) is 40.0 Å². The van der Waals surface area contributed by atoms with Crippen molar-refractivity contribution in [1.29, 1.82) is 0 Å². The fourth-order valence-corrected chi connectivity index (χ4v) is 3.68. The van der Waals surface area contributed by atoms with Crippen molar-refractivity contribution in [3.8, 4) is 5.75 Å². The predicted molar refractivity (Wildman–Crippen MR) is 132 cm³/mol. The molecule has 34 heavy (non-hydrogen) atoms. The van der Waals surface area contributed by atoms with Crippen LogP contribution in [0.4, 0.5) is 5.69 Å². The molecule has 0 aliphatic carbocycles. The summed E-state index contributed by atoms with van der Waals surface area (Å²) in [5, 5.41) is 3.57. The van der Waals surface area contributed by atoms with Crippen molar-refractivity contribution in [3.05, 3.63) is 98.9 Å². The Labute approximate surface area is 201 Å². The van der Waals surface area contributed by atoms with Crippen molar-refractivity contribution < 1.29 is 14.3 Å². The average molecular weight is 476 g/mol. The number of hydrogen-bond acceptors (Lipinski definition) is 5. The van der Waals surface area contributed by atoms with E-state index in [0.717, 1.165) is 0 Å². The van der Waals surface area contributed by atoms with Gasteiger partial charge in [0.1, 0.15) is 17.9 Å².